The quantitative estimate of drug-likeness (QED) is 0.694. The van der Waals surface area contributed by atoms with E-state index in [1.54, 1.807) is 10.9 Å². The van der Waals surface area contributed by atoms with Crippen molar-refractivity contribution < 1.29 is 19.4 Å². The van der Waals surface area contributed by atoms with Crippen LogP contribution in [0.25, 0.3) is 0 Å². The van der Waals surface area contributed by atoms with Crippen molar-refractivity contribution in [2.75, 3.05) is 19.0 Å². The monoisotopic (exact) mass is 284 g/mol. The first kappa shape index (κ1) is 16.0. The van der Waals surface area contributed by atoms with Gasteiger partial charge in [-0.3, -0.25) is 4.68 Å². The molecule has 8 heteroatoms. The van der Waals surface area contributed by atoms with E-state index < -0.39 is 18.0 Å². The number of anilines is 1. The lowest BCUT2D eigenvalue weighted by Crippen LogP contribution is -2.43. The predicted molar refractivity (Wildman–Crippen MR) is 72.7 cm³/mol. The van der Waals surface area contributed by atoms with Crippen molar-refractivity contribution in [1.29, 1.82) is 0 Å². The van der Waals surface area contributed by atoms with Crippen molar-refractivity contribution in [2.24, 2.45) is 0 Å². The minimum absolute atomic E-state index is 0.182. The molecule has 0 saturated heterocycles. The van der Waals surface area contributed by atoms with Gasteiger partial charge < -0.3 is 20.5 Å². The third kappa shape index (κ3) is 4.88. The molecule has 1 unspecified atom stereocenters. The molecule has 1 heterocycles. The minimum Gasteiger partial charge on any atom is -0.480 e. The lowest BCUT2D eigenvalue weighted by molar-refractivity contribution is -0.139. The second kappa shape index (κ2) is 7.49. The largest absolute Gasteiger partial charge is 0.480 e. The number of aliphatic carboxylic acids is 1. The summed E-state index contributed by atoms with van der Waals surface area (Å²) in [6.07, 6.45) is 3.38. The van der Waals surface area contributed by atoms with E-state index in [0.29, 0.717) is 5.69 Å². The van der Waals surface area contributed by atoms with E-state index in [0.717, 1.165) is 0 Å². The van der Waals surface area contributed by atoms with Gasteiger partial charge in [0.1, 0.15) is 6.04 Å². The summed E-state index contributed by atoms with van der Waals surface area (Å²) in [5.41, 5.74) is 0.507. The number of rotatable bonds is 7. The Labute approximate surface area is 117 Å². The summed E-state index contributed by atoms with van der Waals surface area (Å²) >= 11 is 0. The molecule has 0 bridgehead atoms. The number of ether oxygens (including phenoxy) is 1. The Balaban J connectivity index is 2.54. The van der Waals surface area contributed by atoms with Gasteiger partial charge >= 0.3 is 12.0 Å². The first-order valence-electron chi connectivity index (χ1n) is 6.27. The highest BCUT2D eigenvalue weighted by molar-refractivity contribution is 5.91. The SMILES string of the molecule is COCCC(NC(=O)Nc1cnn(C(C)C)c1)C(=O)O. The number of methoxy groups -OCH3 is 1. The van der Waals surface area contributed by atoms with Gasteiger partial charge in [0.05, 0.1) is 11.9 Å². The molecule has 0 aliphatic heterocycles. The van der Waals surface area contributed by atoms with Crippen LogP contribution in [-0.4, -0.2) is 46.6 Å². The van der Waals surface area contributed by atoms with Crippen LogP contribution in [0.5, 0.6) is 0 Å². The van der Waals surface area contributed by atoms with E-state index in [1.165, 1.54) is 13.3 Å². The number of nitrogens with zero attached hydrogens (tertiary/aromatic N) is 2. The zero-order chi connectivity index (χ0) is 15.1. The number of aromatic nitrogens is 2. The Kier molecular flexibility index (Phi) is 5.98. The fraction of sp³-hybridized carbons (Fsp3) is 0.583. The number of carboxylic acids is 1. The average Bonchev–Trinajstić information content (AvgIpc) is 2.82. The van der Waals surface area contributed by atoms with Gasteiger partial charge in [-0.15, -0.1) is 0 Å². The van der Waals surface area contributed by atoms with Crippen molar-refractivity contribution >= 4 is 17.7 Å². The molecule has 0 spiro atoms. The number of nitrogens with one attached hydrogen (secondary N) is 2. The van der Waals surface area contributed by atoms with Crippen LogP contribution in [0.2, 0.25) is 0 Å². The Morgan fingerprint density at radius 1 is 1.50 bits per heavy atom. The molecule has 0 aliphatic rings. The van der Waals surface area contributed by atoms with Crippen LogP contribution in [0.1, 0.15) is 26.3 Å². The molecule has 1 aromatic heterocycles. The molecule has 0 aliphatic carbocycles. The summed E-state index contributed by atoms with van der Waals surface area (Å²) in [4.78, 5) is 22.7. The molecular formula is C12H20N4O4. The molecular weight excluding hydrogens is 264 g/mol. The van der Waals surface area contributed by atoms with Crippen molar-refractivity contribution in [2.45, 2.75) is 32.4 Å². The molecule has 8 nitrogen and oxygen atoms in total. The second-order valence-electron chi connectivity index (χ2n) is 4.57. The summed E-state index contributed by atoms with van der Waals surface area (Å²) < 4.78 is 6.49. The molecule has 1 rings (SSSR count). The number of carbonyl (C=O) groups excluding carboxylic acids is 1. The lowest BCUT2D eigenvalue weighted by Gasteiger charge is -2.14. The fourth-order valence-electron chi connectivity index (χ4n) is 1.50. The maximum atomic E-state index is 11.7. The molecule has 0 radical (unpaired) electrons. The second-order valence-corrected chi connectivity index (χ2v) is 4.57. The number of carboxylic acid groups (broad SMARTS) is 1. The van der Waals surface area contributed by atoms with Gasteiger partial charge in [0.15, 0.2) is 0 Å². The third-order valence-corrected chi connectivity index (χ3v) is 2.60. The van der Waals surface area contributed by atoms with E-state index in [4.69, 9.17) is 9.84 Å². The van der Waals surface area contributed by atoms with Gasteiger partial charge in [0.2, 0.25) is 0 Å². The van der Waals surface area contributed by atoms with Gasteiger partial charge in [-0.2, -0.15) is 5.10 Å². The summed E-state index contributed by atoms with van der Waals surface area (Å²) in [5.74, 6) is -1.10. The van der Waals surface area contributed by atoms with E-state index in [1.807, 2.05) is 13.8 Å². The molecule has 2 amide bonds. The van der Waals surface area contributed by atoms with Crippen LogP contribution in [0.15, 0.2) is 12.4 Å². The van der Waals surface area contributed by atoms with E-state index in [2.05, 4.69) is 15.7 Å². The maximum absolute atomic E-state index is 11.7. The molecule has 0 fully saturated rings. The van der Waals surface area contributed by atoms with Crippen LogP contribution >= 0.6 is 0 Å². The van der Waals surface area contributed by atoms with Gasteiger partial charge in [-0.25, -0.2) is 9.59 Å². The summed E-state index contributed by atoms with van der Waals surface area (Å²) in [6, 6.07) is -1.39. The van der Waals surface area contributed by atoms with Gasteiger partial charge in [0.25, 0.3) is 0 Å². The summed E-state index contributed by atoms with van der Waals surface area (Å²) in [7, 11) is 1.47. The van der Waals surface area contributed by atoms with Crippen LogP contribution < -0.4 is 10.6 Å². The van der Waals surface area contributed by atoms with Crippen molar-refractivity contribution in [3.63, 3.8) is 0 Å². The molecule has 1 atom stereocenters. The number of carbonyl (C=O) groups is 2. The van der Waals surface area contributed by atoms with Crippen LogP contribution in [0.4, 0.5) is 10.5 Å². The first-order chi connectivity index (χ1) is 9.43. The van der Waals surface area contributed by atoms with Gasteiger partial charge in [-0.1, -0.05) is 0 Å². The zero-order valence-corrected chi connectivity index (χ0v) is 11.8. The topological polar surface area (TPSA) is 105 Å². The molecule has 112 valence electrons. The summed E-state index contributed by atoms with van der Waals surface area (Å²) in [5, 5.41) is 18.0. The van der Waals surface area contributed by atoms with Crippen LogP contribution in [0.3, 0.4) is 0 Å². The average molecular weight is 284 g/mol. The number of urea groups is 1. The first-order valence-corrected chi connectivity index (χ1v) is 6.27. The van der Waals surface area contributed by atoms with Gasteiger partial charge in [-0.05, 0) is 13.8 Å². The Morgan fingerprint density at radius 2 is 2.20 bits per heavy atom. The number of amides is 2. The third-order valence-electron chi connectivity index (χ3n) is 2.60. The molecule has 1 aromatic rings. The molecule has 0 saturated carbocycles. The van der Waals surface area contributed by atoms with Crippen LogP contribution in [0, 0.1) is 0 Å². The zero-order valence-electron chi connectivity index (χ0n) is 11.8. The Morgan fingerprint density at radius 3 is 2.70 bits per heavy atom. The number of hydrogen-bond acceptors (Lipinski definition) is 4. The highest BCUT2D eigenvalue weighted by atomic mass is 16.5. The van der Waals surface area contributed by atoms with Gasteiger partial charge in [0, 0.05) is 32.4 Å². The lowest BCUT2D eigenvalue weighted by atomic mass is 10.2. The van der Waals surface area contributed by atoms with E-state index in [9.17, 15) is 9.59 Å². The standard InChI is InChI=1S/C12H20N4O4/c1-8(2)16-7-9(6-13-16)14-12(19)15-10(11(17)18)4-5-20-3/h6-8,10H,4-5H2,1-3H3,(H,17,18)(H2,14,15,19). The van der Waals surface area contributed by atoms with E-state index in [-0.39, 0.29) is 19.1 Å². The Bertz CT molecular complexity index is 458. The number of hydrogen-bond donors (Lipinski definition) is 3. The van der Waals surface area contributed by atoms with Crippen LogP contribution in [-0.2, 0) is 9.53 Å². The fourth-order valence-corrected chi connectivity index (χ4v) is 1.50. The maximum Gasteiger partial charge on any atom is 0.326 e. The Hall–Kier alpha value is -2.09. The normalized spacial score (nSPS) is 12.2. The minimum atomic E-state index is -1.10. The molecule has 3 N–H and O–H groups in total. The van der Waals surface area contributed by atoms with Crippen molar-refractivity contribution in [3.05, 3.63) is 12.4 Å². The van der Waals surface area contributed by atoms with Crippen molar-refractivity contribution in [3.8, 4) is 0 Å². The highest BCUT2D eigenvalue weighted by Crippen LogP contribution is 2.09. The van der Waals surface area contributed by atoms with E-state index >= 15 is 0 Å². The van der Waals surface area contributed by atoms with Crippen molar-refractivity contribution in [1.82, 2.24) is 15.1 Å². The smallest absolute Gasteiger partial charge is 0.326 e. The summed E-state index contributed by atoms with van der Waals surface area (Å²) in [6.45, 7) is 4.17. The molecule has 20 heavy (non-hydrogen) atoms. The molecule has 0 aromatic carbocycles. The predicted octanol–water partition coefficient (Wildman–Crippen LogP) is 1.08. The highest BCUT2D eigenvalue weighted by Gasteiger charge is 2.19.